The van der Waals surface area contributed by atoms with E-state index in [4.69, 9.17) is 0 Å². The predicted octanol–water partition coefficient (Wildman–Crippen LogP) is 32.6. The number of hydrazone groups is 1. The number of benzene rings is 18. The summed E-state index contributed by atoms with van der Waals surface area (Å²) in [5, 5.41) is 41.2. The third-order valence-electron chi connectivity index (χ3n) is 26.5. The first-order valence-electron chi connectivity index (χ1n) is 49.5. The number of halogens is 4. The van der Waals surface area contributed by atoms with Gasteiger partial charge >= 0.3 is 0 Å². The summed E-state index contributed by atoms with van der Waals surface area (Å²) in [4.78, 5) is 11.8. The predicted molar refractivity (Wildman–Crippen MR) is 619 cm³/mol. The van der Waals surface area contributed by atoms with Crippen molar-refractivity contribution in [1.29, 1.82) is 10.5 Å². The minimum atomic E-state index is 0.0752. The number of H-pyrrole nitrogens is 1. The summed E-state index contributed by atoms with van der Waals surface area (Å²) in [5.41, 5.74) is 46.3. The van der Waals surface area contributed by atoms with Crippen LogP contribution in [0.3, 0.4) is 0 Å². The molecule has 0 spiro atoms. The highest BCUT2D eigenvalue weighted by Crippen LogP contribution is 2.45. The lowest BCUT2D eigenvalue weighted by molar-refractivity contribution is 0.103. The van der Waals surface area contributed by atoms with Gasteiger partial charge in [-0.3, -0.25) is 10.2 Å². The van der Waals surface area contributed by atoms with Crippen molar-refractivity contribution in [3.63, 3.8) is 0 Å². The molecule has 0 radical (unpaired) electrons. The summed E-state index contributed by atoms with van der Waals surface area (Å²) in [6.07, 6.45) is 7.61. The van der Waals surface area contributed by atoms with Crippen LogP contribution in [0.15, 0.2) is 496 Å². The van der Waals surface area contributed by atoms with Gasteiger partial charge < -0.3 is 5.32 Å². The van der Waals surface area contributed by atoms with Crippen LogP contribution < -0.4 is 21.8 Å². The van der Waals surface area contributed by atoms with Crippen molar-refractivity contribution in [1.82, 2.24) is 42.4 Å². The smallest absolute Gasteiger partial charge is 0.204 e. The van der Waals surface area contributed by atoms with Gasteiger partial charge in [-0.25, -0.2) is 5.53 Å². The molecule has 1 saturated carbocycles. The van der Waals surface area contributed by atoms with Gasteiger partial charge in [0.15, 0.2) is 11.6 Å². The topological polar surface area (TPSA) is 180 Å². The molecule has 16 heteroatoms. The second-order valence-corrected chi connectivity index (χ2v) is 39.9. The molecule has 148 heavy (non-hydrogen) atoms. The number of ketones is 1. The average Bonchev–Trinajstić information content (AvgIpc) is 1.23. The summed E-state index contributed by atoms with van der Waals surface area (Å²) < 4.78 is 4.26. The Bertz CT molecular complexity index is 7390. The van der Waals surface area contributed by atoms with Crippen molar-refractivity contribution in [3.8, 4) is 23.5 Å². The van der Waals surface area contributed by atoms with Crippen LogP contribution in [0.2, 0.25) is 0 Å². The minimum Gasteiger partial charge on any atom is -0.310 e. The van der Waals surface area contributed by atoms with Gasteiger partial charge in [-0.1, -0.05) is 488 Å². The van der Waals surface area contributed by atoms with Gasteiger partial charge in [0, 0.05) is 46.2 Å². The normalized spacial score (nSPS) is 12.9. The van der Waals surface area contributed by atoms with Gasteiger partial charge in [0.2, 0.25) is 5.82 Å². The Balaban J connectivity index is 0.000000126. The second-order valence-electron chi connectivity index (χ2n) is 36.2. The van der Waals surface area contributed by atoms with E-state index in [1.165, 1.54) is 150 Å². The summed E-state index contributed by atoms with van der Waals surface area (Å²) in [6.45, 7) is 5.25. The van der Waals surface area contributed by atoms with E-state index < -0.39 is 0 Å². The number of aromatic amines is 1. The molecule has 722 valence electrons. The number of aryl methyl sites for hydroxylation is 2. The molecule has 1 aliphatic carbocycles. The zero-order valence-corrected chi connectivity index (χ0v) is 88.1. The van der Waals surface area contributed by atoms with Crippen molar-refractivity contribution >= 4 is 120 Å². The number of nitrogens with one attached hydrogen (secondary N) is 5. The Hall–Kier alpha value is -16.3. The lowest BCUT2D eigenvalue weighted by Gasteiger charge is -2.20. The summed E-state index contributed by atoms with van der Waals surface area (Å²) in [5.74, 6) is 2.07. The summed E-state index contributed by atoms with van der Waals surface area (Å²) >= 11 is 14.3. The Morgan fingerprint density at radius 1 is 0.291 bits per heavy atom. The molecule has 3 heterocycles. The fraction of sp³-hybridized carbons (Fsp3) is 0.0833. The molecule has 3 aliphatic rings. The number of rotatable bonds is 22. The first kappa shape index (κ1) is 102. The van der Waals surface area contributed by atoms with Crippen LogP contribution >= 0.6 is 63.7 Å². The number of hydrazine groups is 2. The quantitative estimate of drug-likeness (QED) is 0.0324. The lowest BCUT2D eigenvalue weighted by Crippen LogP contribution is -2.35. The van der Waals surface area contributed by atoms with Crippen molar-refractivity contribution in [2.24, 2.45) is 5.10 Å². The van der Waals surface area contributed by atoms with E-state index in [2.05, 4.69) is 501 Å². The van der Waals surface area contributed by atoms with Crippen LogP contribution in [-0.4, -0.2) is 38.8 Å². The number of hydrogen-bond acceptors (Lipinski definition) is 11. The molecule has 18 aromatic carbocycles. The fourth-order valence-electron chi connectivity index (χ4n) is 19.0. The number of tetrazole rings is 1. The van der Waals surface area contributed by atoms with E-state index in [9.17, 15) is 15.3 Å². The first-order valence-corrected chi connectivity index (χ1v) is 52.6. The Labute approximate surface area is 899 Å². The van der Waals surface area contributed by atoms with Crippen LogP contribution in [0.1, 0.15) is 194 Å². The Morgan fingerprint density at radius 3 is 0.824 bits per heavy atom. The molecule has 0 bridgehead atoms. The molecule has 12 nitrogen and oxygen atoms in total. The zero-order valence-electron chi connectivity index (χ0n) is 81.7. The molecular weight excluding hydrogens is 2080 g/mol. The highest BCUT2D eigenvalue weighted by atomic mass is 79.9. The van der Waals surface area contributed by atoms with Gasteiger partial charge in [-0.2, -0.15) is 15.7 Å². The number of carbonyl (C=O) groups excluding carboxylic acids is 1. The van der Waals surface area contributed by atoms with Crippen molar-refractivity contribution in [3.05, 3.63) is 630 Å². The molecule has 19 aromatic rings. The molecule has 1 saturated heterocycles. The van der Waals surface area contributed by atoms with Gasteiger partial charge in [-0.05, 0) is 275 Å². The molecule has 0 amide bonds. The number of nitriles is 2. The number of carbonyl (C=O) groups is 1. The van der Waals surface area contributed by atoms with Crippen molar-refractivity contribution in [2.45, 2.75) is 64.3 Å². The van der Waals surface area contributed by atoms with E-state index in [-0.39, 0.29) is 5.78 Å². The number of nitrogens with zero attached hydrogens (tertiary/aromatic N) is 6. The van der Waals surface area contributed by atoms with Crippen LogP contribution in [0.25, 0.3) is 56.0 Å². The maximum atomic E-state index is 11.8. The van der Waals surface area contributed by atoms with Gasteiger partial charge in [0.25, 0.3) is 0 Å². The first-order chi connectivity index (χ1) is 72.7. The van der Waals surface area contributed by atoms with E-state index in [0.29, 0.717) is 28.9 Å². The van der Waals surface area contributed by atoms with Gasteiger partial charge in [0.05, 0.1) is 23.3 Å². The molecule has 5 N–H and O–H groups in total. The van der Waals surface area contributed by atoms with Crippen molar-refractivity contribution < 1.29 is 4.79 Å². The summed E-state index contributed by atoms with van der Waals surface area (Å²) in [7, 11) is 0. The standard InChI is InChI=1S/C37H37N9.C30H22N2.C26H16Br4.C26H20.C13H10O/c1-2-5-24(4-1)25-7-11-27(12-8-25)34(29-15-19-31(20-16-29)36-39-43-44-40-36)35(28-13-9-26(10-14-28)33-6-3-23-38-33)30-17-21-32(22-18-30)37-41-45-46-42-37;1-21-3-11-25(12-4-21)29(26-13-5-22(2)6-14-26)30(27-15-7-23(19-31)8-16-27)28-17-9-24(20-32)10-18-28;27-21-9-1-17(2-10-21)25(18-3-11-22(28)12-4-18)26(19-5-13-23(29)14-6-19)20-7-15-24(30)16-8-20;1-5-13-21(14-6-1)25(22-15-7-2-8-16-22)26(23-17-9-3-10-18-23)24-19-11-4-12-20-24;14-13(11-7-3-1-4-8-11)12-9-5-2-6-10-12/h7-22,24,33,38,45-46H,1-6,23H2,(H,41,42)(H,39,40,43,44);3-18H,1-2H3;1-16H;1-20H;1-10H/b35-34-;;;;. The van der Waals surface area contributed by atoms with Gasteiger partial charge in [0.1, 0.15) is 0 Å². The lowest BCUT2D eigenvalue weighted by atomic mass is 9.84. The zero-order chi connectivity index (χ0) is 102. The number of amidine groups is 1. The largest absolute Gasteiger partial charge is 0.310 e. The second kappa shape index (κ2) is 50.5. The molecule has 2 aliphatic heterocycles. The third-order valence-corrected chi connectivity index (χ3v) is 28.6. The highest BCUT2D eigenvalue weighted by molar-refractivity contribution is 9.11. The molecule has 22 rings (SSSR count). The van der Waals surface area contributed by atoms with Gasteiger partial charge in [-0.15, -0.1) is 20.8 Å². The van der Waals surface area contributed by atoms with E-state index in [0.717, 1.165) is 97.1 Å². The van der Waals surface area contributed by atoms with E-state index in [1.54, 1.807) is 0 Å². The molecular formula is C132H105Br4N11O. The highest BCUT2D eigenvalue weighted by Gasteiger charge is 2.26. The van der Waals surface area contributed by atoms with E-state index in [1.807, 2.05) is 109 Å². The monoisotopic (exact) mass is 2180 g/mol. The molecule has 1 unspecified atom stereocenters. The molecule has 2 fully saturated rings. The fourth-order valence-corrected chi connectivity index (χ4v) is 20.0. The summed E-state index contributed by atoms with van der Waals surface area (Å²) in [6, 6.07) is 168. The van der Waals surface area contributed by atoms with Crippen LogP contribution in [0, 0.1) is 36.5 Å². The SMILES string of the molecule is Brc1ccc(C(=C(c2ccc(Br)cc2)c2ccc(Br)cc2)c2ccc(Br)cc2)cc1.Cc1ccc(C(=C(c2ccc(C#N)cc2)c2ccc(C#N)cc2)c2ccc(C)cc2)cc1.O=C(c1ccccc1)c1ccccc1.c1cc(/C(=C(\c2ccc(-c3nn[nH]n3)cc2)c2ccc(C3CCCC3)cc2)c2ccc(C3CCCN3)cc2)ccc1C1=NNNN1.c1ccc(C(=C(c2ccccc2)c2ccccc2)c2ccccc2)cc1. The number of hydrogen-bond donors (Lipinski definition) is 5. The Morgan fingerprint density at radius 2 is 0.554 bits per heavy atom. The minimum absolute atomic E-state index is 0.0752. The van der Waals surface area contributed by atoms with Crippen LogP contribution in [0.5, 0.6) is 0 Å². The van der Waals surface area contributed by atoms with Crippen LogP contribution in [-0.2, 0) is 0 Å². The maximum absolute atomic E-state index is 11.8. The van der Waals surface area contributed by atoms with Crippen molar-refractivity contribution in [2.75, 3.05) is 6.54 Å². The van der Waals surface area contributed by atoms with Crippen LogP contribution in [0.4, 0.5) is 0 Å². The maximum Gasteiger partial charge on any atom is 0.204 e. The molecule has 1 aromatic heterocycles. The Kier molecular flexibility index (Phi) is 34.7. The van der Waals surface area contributed by atoms with E-state index >= 15 is 0 Å². The average molecular weight is 2180 g/mol. The number of aromatic nitrogens is 4. The third kappa shape index (κ3) is 26.0. The molecule has 1 atom stereocenters.